The number of aryl methyl sites for hydroxylation is 1. The van der Waals surface area contributed by atoms with Crippen LogP contribution in [0, 0.1) is 0 Å². The lowest BCUT2D eigenvalue weighted by molar-refractivity contribution is 0.413. The monoisotopic (exact) mass is 256 g/mol. The molecule has 0 aliphatic rings. The molecule has 0 heterocycles. The lowest BCUT2D eigenvalue weighted by atomic mass is 9.97. The summed E-state index contributed by atoms with van der Waals surface area (Å²) < 4.78 is 5.26. The molecule has 0 aliphatic carbocycles. The zero-order valence-corrected chi connectivity index (χ0v) is 11.4. The highest BCUT2D eigenvalue weighted by atomic mass is 16.5. The van der Waals surface area contributed by atoms with Crippen LogP contribution in [0.3, 0.4) is 0 Å². The fourth-order valence-corrected chi connectivity index (χ4v) is 2.20. The SMILES string of the molecule is CCc1cccc(C(NN)c2cccc(OC)c2)c1. The number of hydrogen-bond donors (Lipinski definition) is 2. The van der Waals surface area contributed by atoms with Gasteiger partial charge in [-0.2, -0.15) is 0 Å². The van der Waals surface area contributed by atoms with E-state index in [9.17, 15) is 0 Å². The molecule has 0 fully saturated rings. The van der Waals surface area contributed by atoms with Gasteiger partial charge in [0.25, 0.3) is 0 Å². The standard InChI is InChI=1S/C16H20N2O/c1-3-12-6-4-7-13(10-12)16(18-17)14-8-5-9-15(11-14)19-2/h4-11,16,18H,3,17H2,1-2H3. The van der Waals surface area contributed by atoms with Gasteiger partial charge in [0, 0.05) is 0 Å². The Bertz CT molecular complexity index is 492. The van der Waals surface area contributed by atoms with E-state index in [1.165, 1.54) is 5.56 Å². The second-order valence-electron chi connectivity index (χ2n) is 4.47. The summed E-state index contributed by atoms with van der Waals surface area (Å²) in [5, 5.41) is 0. The number of benzene rings is 2. The van der Waals surface area contributed by atoms with Gasteiger partial charge >= 0.3 is 0 Å². The van der Waals surface area contributed by atoms with Gasteiger partial charge in [-0.1, -0.05) is 43.3 Å². The molecule has 2 rings (SSSR count). The number of nitrogens with one attached hydrogen (secondary N) is 1. The Hall–Kier alpha value is -1.84. The van der Waals surface area contributed by atoms with Gasteiger partial charge < -0.3 is 4.74 Å². The van der Waals surface area contributed by atoms with Crippen LogP contribution in [0.2, 0.25) is 0 Å². The van der Waals surface area contributed by atoms with E-state index in [4.69, 9.17) is 10.6 Å². The Morgan fingerprint density at radius 1 is 1.11 bits per heavy atom. The molecule has 2 aromatic carbocycles. The molecule has 0 saturated carbocycles. The second-order valence-corrected chi connectivity index (χ2v) is 4.47. The highest BCUT2D eigenvalue weighted by molar-refractivity contribution is 5.37. The van der Waals surface area contributed by atoms with Crippen LogP contribution in [0.4, 0.5) is 0 Å². The molecule has 0 radical (unpaired) electrons. The summed E-state index contributed by atoms with van der Waals surface area (Å²) >= 11 is 0. The van der Waals surface area contributed by atoms with Crippen LogP contribution in [0.5, 0.6) is 5.75 Å². The number of hydrogen-bond acceptors (Lipinski definition) is 3. The van der Waals surface area contributed by atoms with Crippen LogP contribution in [0.25, 0.3) is 0 Å². The number of ether oxygens (including phenoxy) is 1. The van der Waals surface area contributed by atoms with Gasteiger partial charge in [0.05, 0.1) is 13.2 Å². The smallest absolute Gasteiger partial charge is 0.119 e. The second kappa shape index (κ2) is 6.36. The summed E-state index contributed by atoms with van der Waals surface area (Å²) in [6, 6.07) is 16.4. The molecule has 3 nitrogen and oxygen atoms in total. The predicted octanol–water partition coefficient (Wildman–Crippen LogP) is 2.81. The lowest BCUT2D eigenvalue weighted by Gasteiger charge is -2.18. The van der Waals surface area contributed by atoms with Crippen LogP contribution in [0.1, 0.15) is 29.7 Å². The Balaban J connectivity index is 2.37. The first kappa shape index (κ1) is 13.6. The van der Waals surface area contributed by atoms with Gasteiger partial charge in [0.2, 0.25) is 0 Å². The van der Waals surface area contributed by atoms with Crippen LogP contribution in [-0.4, -0.2) is 7.11 Å². The number of methoxy groups -OCH3 is 1. The summed E-state index contributed by atoms with van der Waals surface area (Å²) in [5.41, 5.74) is 6.44. The maximum Gasteiger partial charge on any atom is 0.119 e. The molecule has 1 unspecified atom stereocenters. The summed E-state index contributed by atoms with van der Waals surface area (Å²) in [5.74, 6) is 6.57. The van der Waals surface area contributed by atoms with Crippen molar-refractivity contribution in [2.75, 3.05) is 7.11 Å². The molecule has 3 N–H and O–H groups in total. The van der Waals surface area contributed by atoms with Crippen molar-refractivity contribution < 1.29 is 4.74 Å². The summed E-state index contributed by atoms with van der Waals surface area (Å²) in [7, 11) is 1.67. The lowest BCUT2D eigenvalue weighted by Crippen LogP contribution is -2.28. The molecule has 0 bridgehead atoms. The zero-order valence-electron chi connectivity index (χ0n) is 11.4. The normalized spacial score (nSPS) is 12.2. The molecule has 0 spiro atoms. The Labute approximate surface area is 114 Å². The molecule has 0 amide bonds. The minimum Gasteiger partial charge on any atom is -0.497 e. The Morgan fingerprint density at radius 2 is 1.79 bits per heavy atom. The molecule has 1 atom stereocenters. The van der Waals surface area contributed by atoms with Crippen LogP contribution in [-0.2, 0) is 6.42 Å². The minimum absolute atomic E-state index is 0.0263. The van der Waals surface area contributed by atoms with Crippen molar-refractivity contribution in [1.82, 2.24) is 5.43 Å². The first-order chi connectivity index (χ1) is 9.28. The van der Waals surface area contributed by atoms with E-state index in [0.717, 1.165) is 23.3 Å². The Morgan fingerprint density at radius 3 is 2.42 bits per heavy atom. The van der Waals surface area contributed by atoms with Crippen molar-refractivity contribution in [3.05, 3.63) is 65.2 Å². The van der Waals surface area contributed by atoms with Crippen LogP contribution >= 0.6 is 0 Å². The first-order valence-corrected chi connectivity index (χ1v) is 6.47. The highest BCUT2D eigenvalue weighted by Crippen LogP contribution is 2.25. The van der Waals surface area contributed by atoms with Crippen molar-refractivity contribution in [2.24, 2.45) is 5.84 Å². The fraction of sp³-hybridized carbons (Fsp3) is 0.250. The summed E-state index contributed by atoms with van der Waals surface area (Å²) in [6.07, 6.45) is 1.02. The third-order valence-corrected chi connectivity index (χ3v) is 3.29. The average Bonchev–Trinajstić information content (AvgIpc) is 2.48. The van der Waals surface area contributed by atoms with Crippen LogP contribution in [0.15, 0.2) is 48.5 Å². The van der Waals surface area contributed by atoms with Crippen molar-refractivity contribution in [3.63, 3.8) is 0 Å². The number of rotatable bonds is 5. The highest BCUT2D eigenvalue weighted by Gasteiger charge is 2.13. The molecule has 3 heteroatoms. The van der Waals surface area contributed by atoms with Gasteiger partial charge in [-0.3, -0.25) is 5.84 Å². The minimum atomic E-state index is -0.0263. The molecule has 100 valence electrons. The summed E-state index contributed by atoms with van der Waals surface area (Å²) in [6.45, 7) is 2.15. The fourth-order valence-electron chi connectivity index (χ4n) is 2.20. The maximum atomic E-state index is 5.73. The Kier molecular flexibility index (Phi) is 4.55. The van der Waals surface area contributed by atoms with Gasteiger partial charge in [0.1, 0.15) is 5.75 Å². The van der Waals surface area contributed by atoms with Crippen molar-refractivity contribution in [3.8, 4) is 5.75 Å². The van der Waals surface area contributed by atoms with Gasteiger partial charge in [0.15, 0.2) is 0 Å². The third kappa shape index (κ3) is 3.13. The first-order valence-electron chi connectivity index (χ1n) is 6.47. The average molecular weight is 256 g/mol. The van der Waals surface area contributed by atoms with E-state index >= 15 is 0 Å². The summed E-state index contributed by atoms with van der Waals surface area (Å²) in [4.78, 5) is 0. The topological polar surface area (TPSA) is 47.3 Å². The molecule has 2 aromatic rings. The third-order valence-electron chi connectivity index (χ3n) is 3.29. The largest absolute Gasteiger partial charge is 0.497 e. The van der Waals surface area contributed by atoms with Gasteiger partial charge in [-0.25, -0.2) is 5.43 Å². The molecule has 0 aromatic heterocycles. The molecule has 0 aliphatic heterocycles. The molecule has 19 heavy (non-hydrogen) atoms. The molecular formula is C16H20N2O. The van der Waals surface area contributed by atoms with E-state index in [1.54, 1.807) is 7.11 Å². The number of nitrogens with two attached hydrogens (primary N) is 1. The molecule has 0 saturated heterocycles. The number of hydrazine groups is 1. The zero-order chi connectivity index (χ0) is 13.7. The van der Waals surface area contributed by atoms with E-state index in [0.29, 0.717) is 0 Å². The predicted molar refractivity (Wildman–Crippen MR) is 78.0 cm³/mol. The van der Waals surface area contributed by atoms with Crippen molar-refractivity contribution in [2.45, 2.75) is 19.4 Å². The quantitative estimate of drug-likeness (QED) is 0.639. The van der Waals surface area contributed by atoms with Crippen LogP contribution < -0.4 is 16.0 Å². The van der Waals surface area contributed by atoms with E-state index in [1.807, 2.05) is 24.3 Å². The van der Waals surface area contributed by atoms with Crippen molar-refractivity contribution >= 4 is 0 Å². The molecular weight excluding hydrogens is 236 g/mol. The van der Waals surface area contributed by atoms with Crippen molar-refractivity contribution in [1.29, 1.82) is 0 Å². The van der Waals surface area contributed by atoms with E-state index < -0.39 is 0 Å². The van der Waals surface area contributed by atoms with E-state index in [-0.39, 0.29) is 6.04 Å². The van der Waals surface area contributed by atoms with Gasteiger partial charge in [-0.15, -0.1) is 0 Å². The van der Waals surface area contributed by atoms with E-state index in [2.05, 4.69) is 36.6 Å². The maximum absolute atomic E-state index is 5.73. The van der Waals surface area contributed by atoms with Gasteiger partial charge in [-0.05, 0) is 35.2 Å².